The Morgan fingerprint density at radius 1 is 1.07 bits per heavy atom. The lowest BCUT2D eigenvalue weighted by Crippen LogP contribution is -2.58. The number of aromatic nitrogens is 1. The summed E-state index contributed by atoms with van der Waals surface area (Å²) in [6.45, 7) is 9.48. The van der Waals surface area contributed by atoms with Gasteiger partial charge in [-0.1, -0.05) is 88.7 Å². The first-order chi connectivity index (χ1) is 27.0. The van der Waals surface area contributed by atoms with Crippen LogP contribution >= 0.6 is 22.9 Å². The molecule has 304 valence electrons. The summed E-state index contributed by atoms with van der Waals surface area (Å²) < 4.78 is 25.9. The molecule has 1 aliphatic carbocycles. The van der Waals surface area contributed by atoms with E-state index in [1.54, 1.807) is 68.5 Å². The van der Waals surface area contributed by atoms with Gasteiger partial charge in [0.2, 0.25) is 11.8 Å². The van der Waals surface area contributed by atoms with Crippen LogP contribution in [-0.2, 0) is 20.7 Å². The van der Waals surface area contributed by atoms with Crippen LogP contribution in [0.4, 0.5) is 9.18 Å². The maximum atomic E-state index is 15.4. The standard InChI is InChI=1S/C43H50ClFN4O7S/c1-23(2)39-46-21-35(57-39)25-13-11-24(12-14-25)17-31(47-38(52)37(42(3,4)5)49-41(54)55-6)32(50)20-43(19-29(43)27-9-7-8-10-30(27)45)40(53)48-36-28-18-26(44)15-16-34(28)56-22-33(36)51/h7-16,18,21,23,29,31-33,36-37,50-51H,17,19-20,22H2,1-6H3,(H,47,52)(H,48,53)(H,49,54)/t29-,31-,32-,33+,36-,37+,43?/m0/s1. The molecule has 0 bridgehead atoms. The molecule has 14 heteroatoms. The number of nitrogens with zero attached hydrogens (tertiary/aromatic N) is 1. The van der Waals surface area contributed by atoms with Gasteiger partial charge >= 0.3 is 6.09 Å². The number of fused-ring (bicyclic) bond motifs is 1. The third-order valence-electron chi connectivity index (χ3n) is 10.8. The van der Waals surface area contributed by atoms with Crippen molar-refractivity contribution in [2.45, 2.75) is 96.1 Å². The van der Waals surface area contributed by atoms with E-state index >= 15 is 4.39 Å². The molecular weight excluding hydrogens is 771 g/mol. The summed E-state index contributed by atoms with van der Waals surface area (Å²) in [5.74, 6) is -1.39. The quantitative estimate of drug-likeness (QED) is 0.0960. The molecule has 1 aromatic heterocycles. The fraction of sp³-hybridized carbons (Fsp3) is 0.442. The van der Waals surface area contributed by atoms with Gasteiger partial charge < -0.3 is 35.6 Å². The highest BCUT2D eigenvalue weighted by atomic mass is 35.5. The largest absolute Gasteiger partial charge is 0.490 e. The SMILES string of the molecule is COC(=O)N[C@H](C(=O)N[C@@H](Cc1ccc(-c2cnc(C(C)C)s2)cc1)[C@@H](O)CC1(C(=O)N[C@H]2c3cc(Cl)ccc3OC[C@H]2O)C[C@H]1c1ccccc1F)C(C)(C)C. The van der Waals surface area contributed by atoms with Crippen LogP contribution in [0, 0.1) is 16.6 Å². The zero-order valence-corrected chi connectivity index (χ0v) is 34.4. The summed E-state index contributed by atoms with van der Waals surface area (Å²) in [7, 11) is 1.21. The molecule has 0 saturated heterocycles. The van der Waals surface area contributed by atoms with Crippen molar-refractivity contribution in [3.05, 3.63) is 105 Å². The number of nitrogens with one attached hydrogen (secondary N) is 3. The van der Waals surface area contributed by atoms with Gasteiger partial charge in [0.15, 0.2) is 0 Å². The van der Waals surface area contributed by atoms with Gasteiger partial charge in [0.1, 0.15) is 30.3 Å². The highest BCUT2D eigenvalue weighted by Crippen LogP contribution is 2.63. The number of alkyl carbamates (subject to hydrolysis) is 1. The molecule has 3 amide bonds. The molecule has 5 N–H and O–H groups in total. The second kappa shape index (κ2) is 17.1. The highest BCUT2D eigenvalue weighted by Gasteiger charge is 2.62. The third kappa shape index (κ3) is 9.44. The molecule has 1 aliphatic heterocycles. The van der Waals surface area contributed by atoms with Crippen molar-refractivity contribution in [3.8, 4) is 16.2 Å². The van der Waals surface area contributed by atoms with Gasteiger partial charge in [0, 0.05) is 28.6 Å². The van der Waals surface area contributed by atoms with Gasteiger partial charge in [-0.25, -0.2) is 14.2 Å². The van der Waals surface area contributed by atoms with Gasteiger partial charge in [-0.2, -0.15) is 0 Å². The lowest BCUT2D eigenvalue weighted by atomic mass is 9.84. The summed E-state index contributed by atoms with van der Waals surface area (Å²) in [6, 6.07) is 16.0. The van der Waals surface area contributed by atoms with Gasteiger partial charge in [-0.3, -0.25) is 9.59 Å². The van der Waals surface area contributed by atoms with Crippen LogP contribution in [0.1, 0.15) is 87.0 Å². The average Bonchev–Trinajstić information content (AvgIpc) is 3.66. The minimum Gasteiger partial charge on any atom is -0.490 e. The van der Waals surface area contributed by atoms with Crippen LogP contribution in [0.25, 0.3) is 10.4 Å². The van der Waals surface area contributed by atoms with E-state index < -0.39 is 70.8 Å². The zero-order chi connectivity index (χ0) is 41.2. The number of thiazole rings is 1. The van der Waals surface area contributed by atoms with E-state index in [9.17, 15) is 24.6 Å². The van der Waals surface area contributed by atoms with Crippen molar-refractivity contribution in [2.75, 3.05) is 13.7 Å². The molecule has 1 fully saturated rings. The molecular formula is C43H50ClFN4O7S. The smallest absolute Gasteiger partial charge is 0.407 e. The number of rotatable bonds is 13. The van der Waals surface area contributed by atoms with E-state index in [-0.39, 0.29) is 25.9 Å². The van der Waals surface area contributed by atoms with Crippen molar-refractivity contribution in [2.24, 2.45) is 10.8 Å². The molecule has 11 nitrogen and oxygen atoms in total. The fourth-order valence-corrected chi connectivity index (χ4v) is 8.64. The molecule has 7 atom stereocenters. The van der Waals surface area contributed by atoms with E-state index in [4.69, 9.17) is 21.1 Å². The molecule has 1 saturated carbocycles. The Morgan fingerprint density at radius 2 is 1.79 bits per heavy atom. The monoisotopic (exact) mass is 820 g/mol. The number of hydrogen-bond donors (Lipinski definition) is 5. The van der Waals surface area contributed by atoms with Crippen molar-refractivity contribution in [1.29, 1.82) is 0 Å². The molecule has 0 spiro atoms. The first-order valence-electron chi connectivity index (χ1n) is 19.0. The third-order valence-corrected chi connectivity index (χ3v) is 12.4. The Labute approximate surface area is 341 Å². The zero-order valence-electron chi connectivity index (χ0n) is 32.8. The maximum Gasteiger partial charge on any atom is 0.407 e. The lowest BCUT2D eigenvalue weighted by molar-refractivity contribution is -0.130. The second-order valence-electron chi connectivity index (χ2n) is 16.4. The number of benzene rings is 3. The lowest BCUT2D eigenvalue weighted by Gasteiger charge is -2.35. The van der Waals surface area contributed by atoms with Crippen molar-refractivity contribution < 1.29 is 38.5 Å². The van der Waals surface area contributed by atoms with Gasteiger partial charge in [0.25, 0.3) is 0 Å². The average molecular weight is 821 g/mol. The van der Waals surface area contributed by atoms with Crippen LogP contribution < -0.4 is 20.7 Å². The van der Waals surface area contributed by atoms with Crippen molar-refractivity contribution in [3.63, 3.8) is 0 Å². The van der Waals surface area contributed by atoms with E-state index in [1.807, 2.05) is 30.5 Å². The Balaban J connectivity index is 1.32. The van der Waals surface area contributed by atoms with Crippen molar-refractivity contribution in [1.82, 2.24) is 20.9 Å². The predicted molar refractivity (Wildman–Crippen MR) is 217 cm³/mol. The Kier molecular flexibility index (Phi) is 12.6. The Bertz CT molecular complexity index is 2090. The summed E-state index contributed by atoms with van der Waals surface area (Å²) in [4.78, 5) is 46.6. The Hall–Kier alpha value is -4.56. The minimum absolute atomic E-state index is 0.0741. The normalized spacial score (nSPS) is 21.7. The van der Waals surface area contributed by atoms with E-state index in [0.717, 1.165) is 21.0 Å². The number of aliphatic hydroxyl groups is 2. The number of methoxy groups -OCH3 is 1. The van der Waals surface area contributed by atoms with Crippen LogP contribution in [-0.4, -0.2) is 71.1 Å². The van der Waals surface area contributed by atoms with Gasteiger partial charge in [0.05, 0.1) is 40.6 Å². The van der Waals surface area contributed by atoms with Gasteiger partial charge in [-0.05, 0) is 65.6 Å². The number of halogens is 2. The van der Waals surface area contributed by atoms with Crippen LogP contribution in [0.15, 0.2) is 72.9 Å². The minimum atomic E-state index is -1.33. The van der Waals surface area contributed by atoms with E-state index in [1.165, 1.54) is 13.2 Å². The molecule has 3 aromatic carbocycles. The number of hydrogen-bond acceptors (Lipinski definition) is 9. The summed E-state index contributed by atoms with van der Waals surface area (Å²) in [5, 5.41) is 33.3. The summed E-state index contributed by atoms with van der Waals surface area (Å²) in [6.07, 6.45) is -1.17. The molecule has 6 rings (SSSR count). The number of carbonyl (C=O) groups is 3. The van der Waals surface area contributed by atoms with Gasteiger partial charge in [-0.15, -0.1) is 11.3 Å². The second-order valence-corrected chi connectivity index (χ2v) is 17.9. The fourth-order valence-electron chi connectivity index (χ4n) is 7.54. The Morgan fingerprint density at radius 3 is 2.44 bits per heavy atom. The number of ether oxygens (including phenoxy) is 2. The topological polar surface area (TPSA) is 159 Å². The van der Waals surface area contributed by atoms with Crippen LogP contribution in [0.2, 0.25) is 5.02 Å². The van der Waals surface area contributed by atoms with Crippen LogP contribution in [0.5, 0.6) is 5.75 Å². The first-order valence-corrected chi connectivity index (χ1v) is 20.2. The molecule has 1 unspecified atom stereocenters. The van der Waals surface area contributed by atoms with Crippen LogP contribution in [0.3, 0.4) is 0 Å². The number of carbonyl (C=O) groups excluding carboxylic acids is 3. The number of amides is 3. The number of aliphatic hydroxyl groups excluding tert-OH is 2. The van der Waals surface area contributed by atoms with E-state index in [0.29, 0.717) is 27.8 Å². The first kappa shape index (κ1) is 42.1. The molecule has 0 radical (unpaired) electrons. The summed E-state index contributed by atoms with van der Waals surface area (Å²) >= 11 is 7.92. The van der Waals surface area contributed by atoms with Crippen molar-refractivity contribution >= 4 is 40.8 Å². The van der Waals surface area contributed by atoms with E-state index in [2.05, 4.69) is 34.8 Å². The summed E-state index contributed by atoms with van der Waals surface area (Å²) in [5.41, 5.74) is 0.510. The highest BCUT2D eigenvalue weighted by molar-refractivity contribution is 7.15. The molecule has 2 aliphatic rings. The molecule has 2 heterocycles. The predicted octanol–water partition coefficient (Wildman–Crippen LogP) is 7.06. The molecule has 57 heavy (non-hydrogen) atoms. The maximum absolute atomic E-state index is 15.4. The molecule has 4 aromatic rings.